The fraction of sp³-hybridized carbons (Fsp3) is 0.391. The molecular weight excluding hydrogens is 446 g/mol. The molecule has 1 aromatic carbocycles. The molecule has 2 heterocycles. The van der Waals surface area contributed by atoms with Crippen LogP contribution in [-0.2, 0) is 20.9 Å². The second-order valence-electron chi connectivity index (χ2n) is 8.22. The average molecular weight is 472 g/mol. The molecule has 2 atom stereocenters. The van der Waals surface area contributed by atoms with Crippen molar-refractivity contribution in [2.75, 3.05) is 24.1 Å². The number of benzene rings is 1. The standard InChI is InChI=1S/C23H26ClN5O4/c1-15(30)33-18-8-7-17(28-21-19(25)20(24)26-14-27-21)23(18)9-11-29(12-10-23)22(31)32-13-16-5-3-2-4-6-16/h2-8,14,17-18H,9-13,25H2,1H3,(H,26,27,28)/t17-,18+/m0/s1. The summed E-state index contributed by atoms with van der Waals surface area (Å²) in [6.07, 6.45) is 5.55. The molecule has 1 aliphatic carbocycles. The number of aromatic nitrogens is 2. The highest BCUT2D eigenvalue weighted by molar-refractivity contribution is 6.32. The molecular formula is C23H26ClN5O4. The number of ether oxygens (including phenoxy) is 2. The number of likely N-dealkylation sites (tertiary alicyclic amines) is 1. The summed E-state index contributed by atoms with van der Waals surface area (Å²) in [4.78, 5) is 34.2. The third kappa shape index (κ3) is 4.88. The van der Waals surface area contributed by atoms with E-state index in [9.17, 15) is 9.59 Å². The van der Waals surface area contributed by atoms with Gasteiger partial charge in [-0.05, 0) is 24.5 Å². The van der Waals surface area contributed by atoms with Crippen LogP contribution >= 0.6 is 11.6 Å². The zero-order chi connectivity index (χ0) is 23.4. The lowest BCUT2D eigenvalue weighted by molar-refractivity contribution is -0.151. The Hall–Kier alpha value is -3.33. The molecule has 0 saturated carbocycles. The number of carbonyl (C=O) groups is 2. The minimum Gasteiger partial charge on any atom is -0.458 e. The topological polar surface area (TPSA) is 120 Å². The summed E-state index contributed by atoms with van der Waals surface area (Å²) in [7, 11) is 0. The fourth-order valence-corrected chi connectivity index (χ4v) is 4.58. The molecule has 2 aromatic rings. The number of nitrogens with zero attached hydrogens (tertiary/aromatic N) is 3. The number of anilines is 2. The van der Waals surface area contributed by atoms with Gasteiger partial charge in [0.05, 0.1) is 6.04 Å². The van der Waals surface area contributed by atoms with Crippen molar-refractivity contribution in [2.45, 2.75) is 38.5 Å². The minimum atomic E-state index is -0.467. The quantitative estimate of drug-likeness (QED) is 0.386. The second kappa shape index (κ2) is 9.66. The van der Waals surface area contributed by atoms with E-state index in [1.54, 1.807) is 4.90 Å². The van der Waals surface area contributed by atoms with Gasteiger partial charge in [-0.15, -0.1) is 0 Å². The number of halogens is 1. The predicted molar refractivity (Wildman–Crippen MR) is 123 cm³/mol. The van der Waals surface area contributed by atoms with Gasteiger partial charge in [0.15, 0.2) is 11.0 Å². The highest BCUT2D eigenvalue weighted by atomic mass is 35.5. The van der Waals surface area contributed by atoms with Crippen LogP contribution in [0.5, 0.6) is 0 Å². The molecule has 1 spiro atoms. The molecule has 1 amide bonds. The van der Waals surface area contributed by atoms with Gasteiger partial charge in [0.1, 0.15) is 24.7 Å². The first kappa shape index (κ1) is 22.8. The van der Waals surface area contributed by atoms with Gasteiger partial charge in [-0.25, -0.2) is 14.8 Å². The van der Waals surface area contributed by atoms with E-state index in [0.29, 0.717) is 31.7 Å². The molecule has 0 bridgehead atoms. The van der Waals surface area contributed by atoms with Gasteiger partial charge >= 0.3 is 12.1 Å². The number of nitrogen functional groups attached to an aromatic ring is 1. The SMILES string of the molecule is CC(=O)O[C@@H]1C=C[C@H](Nc2ncnc(Cl)c2N)C12CCN(C(=O)OCc1ccccc1)CC2. The summed E-state index contributed by atoms with van der Waals surface area (Å²) < 4.78 is 11.1. The van der Waals surface area contributed by atoms with Crippen molar-refractivity contribution in [3.63, 3.8) is 0 Å². The average Bonchev–Trinajstić information content (AvgIpc) is 3.12. The van der Waals surface area contributed by atoms with E-state index in [1.165, 1.54) is 13.3 Å². The van der Waals surface area contributed by atoms with Crippen LogP contribution in [0.1, 0.15) is 25.3 Å². The van der Waals surface area contributed by atoms with Gasteiger partial charge in [-0.1, -0.05) is 48.0 Å². The summed E-state index contributed by atoms with van der Waals surface area (Å²) in [6.45, 7) is 2.54. The van der Waals surface area contributed by atoms with Crippen molar-refractivity contribution in [2.24, 2.45) is 5.41 Å². The lowest BCUT2D eigenvalue weighted by atomic mass is 9.71. The van der Waals surface area contributed by atoms with Crippen LogP contribution in [0.2, 0.25) is 5.15 Å². The van der Waals surface area contributed by atoms with E-state index in [-0.39, 0.29) is 35.6 Å². The molecule has 9 nitrogen and oxygen atoms in total. The molecule has 174 valence electrons. The number of nitrogens with two attached hydrogens (primary N) is 1. The van der Waals surface area contributed by atoms with Crippen LogP contribution in [-0.4, -0.2) is 52.2 Å². The Morgan fingerprint density at radius 3 is 2.64 bits per heavy atom. The van der Waals surface area contributed by atoms with Crippen molar-refractivity contribution in [1.29, 1.82) is 0 Å². The van der Waals surface area contributed by atoms with Gasteiger partial charge in [0.2, 0.25) is 0 Å². The summed E-state index contributed by atoms with van der Waals surface area (Å²) in [5.74, 6) is 0.0520. The molecule has 1 aliphatic heterocycles. The maximum Gasteiger partial charge on any atom is 0.410 e. The summed E-state index contributed by atoms with van der Waals surface area (Å²) in [5.41, 5.74) is 6.75. The number of rotatable bonds is 5. The zero-order valence-corrected chi connectivity index (χ0v) is 19.0. The maximum atomic E-state index is 12.6. The van der Waals surface area contributed by atoms with E-state index in [2.05, 4.69) is 15.3 Å². The first-order valence-corrected chi connectivity index (χ1v) is 11.1. The van der Waals surface area contributed by atoms with Gasteiger partial charge in [0, 0.05) is 25.4 Å². The minimum absolute atomic E-state index is 0.163. The number of piperidine rings is 1. The monoisotopic (exact) mass is 471 g/mol. The first-order chi connectivity index (χ1) is 15.9. The molecule has 1 aromatic heterocycles. The van der Waals surface area contributed by atoms with Crippen molar-refractivity contribution in [3.8, 4) is 0 Å². The Morgan fingerprint density at radius 1 is 1.21 bits per heavy atom. The molecule has 33 heavy (non-hydrogen) atoms. The third-order valence-electron chi connectivity index (χ3n) is 6.24. The molecule has 2 aliphatic rings. The number of carbonyl (C=O) groups excluding carboxylic acids is 2. The maximum absolute atomic E-state index is 12.6. The smallest absolute Gasteiger partial charge is 0.410 e. The summed E-state index contributed by atoms with van der Waals surface area (Å²) in [5, 5.41) is 3.49. The summed E-state index contributed by atoms with van der Waals surface area (Å²) in [6, 6.07) is 9.32. The van der Waals surface area contributed by atoms with Gasteiger partial charge < -0.3 is 25.4 Å². The molecule has 1 fully saturated rings. The van der Waals surface area contributed by atoms with Crippen molar-refractivity contribution < 1.29 is 19.1 Å². The van der Waals surface area contributed by atoms with Gasteiger partial charge in [0.25, 0.3) is 0 Å². The Kier molecular flexibility index (Phi) is 6.69. The lowest BCUT2D eigenvalue weighted by Gasteiger charge is -2.45. The van der Waals surface area contributed by atoms with Crippen LogP contribution in [0, 0.1) is 5.41 Å². The molecule has 3 N–H and O–H groups in total. The lowest BCUT2D eigenvalue weighted by Crippen LogP contribution is -2.53. The van der Waals surface area contributed by atoms with Crippen molar-refractivity contribution >= 4 is 35.2 Å². The van der Waals surface area contributed by atoms with E-state index in [1.807, 2.05) is 42.5 Å². The number of amides is 1. The van der Waals surface area contributed by atoms with E-state index in [4.69, 9.17) is 26.8 Å². The van der Waals surface area contributed by atoms with Crippen LogP contribution in [0.4, 0.5) is 16.3 Å². The van der Waals surface area contributed by atoms with Crippen LogP contribution in [0.15, 0.2) is 48.8 Å². The first-order valence-electron chi connectivity index (χ1n) is 10.7. The van der Waals surface area contributed by atoms with Crippen molar-refractivity contribution in [3.05, 3.63) is 59.5 Å². The van der Waals surface area contributed by atoms with Gasteiger partial charge in [-0.3, -0.25) is 4.79 Å². The second-order valence-corrected chi connectivity index (χ2v) is 8.58. The zero-order valence-electron chi connectivity index (χ0n) is 18.2. The number of nitrogens with one attached hydrogen (secondary N) is 1. The Labute approximate surface area is 196 Å². The van der Waals surface area contributed by atoms with Crippen LogP contribution in [0.3, 0.4) is 0 Å². The predicted octanol–water partition coefficient (Wildman–Crippen LogP) is 3.41. The molecule has 0 unspecified atom stereocenters. The van der Waals surface area contributed by atoms with Crippen LogP contribution < -0.4 is 11.1 Å². The third-order valence-corrected chi connectivity index (χ3v) is 6.54. The van der Waals surface area contributed by atoms with Crippen LogP contribution in [0.25, 0.3) is 0 Å². The number of hydrogen-bond donors (Lipinski definition) is 2. The molecule has 1 saturated heterocycles. The van der Waals surface area contributed by atoms with E-state index in [0.717, 1.165) is 5.56 Å². The van der Waals surface area contributed by atoms with Crippen molar-refractivity contribution in [1.82, 2.24) is 14.9 Å². The van der Waals surface area contributed by atoms with E-state index >= 15 is 0 Å². The summed E-state index contributed by atoms with van der Waals surface area (Å²) >= 11 is 6.04. The highest BCUT2D eigenvalue weighted by Gasteiger charge is 2.51. The Balaban J connectivity index is 1.45. The highest BCUT2D eigenvalue weighted by Crippen LogP contribution is 2.46. The normalized spacial score (nSPS) is 21.1. The van der Waals surface area contributed by atoms with E-state index < -0.39 is 11.5 Å². The number of hydrogen-bond acceptors (Lipinski definition) is 8. The Morgan fingerprint density at radius 2 is 1.94 bits per heavy atom. The Bertz CT molecular complexity index is 1040. The molecule has 4 rings (SSSR count). The van der Waals surface area contributed by atoms with Gasteiger partial charge in [-0.2, -0.15) is 0 Å². The fourth-order valence-electron chi connectivity index (χ4n) is 4.45. The largest absolute Gasteiger partial charge is 0.458 e. The number of esters is 1. The molecule has 0 radical (unpaired) electrons. The molecule has 10 heteroatoms.